The topological polar surface area (TPSA) is 67.3 Å². The third-order valence-corrected chi connectivity index (χ3v) is 4.68. The first-order valence-electron chi connectivity index (χ1n) is 10.4. The first-order valence-corrected chi connectivity index (χ1v) is 10.4. The molecule has 0 saturated heterocycles. The van der Waals surface area contributed by atoms with Crippen molar-refractivity contribution in [2.24, 2.45) is 0 Å². The summed E-state index contributed by atoms with van der Waals surface area (Å²) >= 11 is 0. The number of rotatable bonds is 5. The molecule has 0 aliphatic rings. The van der Waals surface area contributed by atoms with Gasteiger partial charge >= 0.3 is 0 Å². The Bertz CT molecular complexity index is 1230. The van der Waals surface area contributed by atoms with Crippen LogP contribution >= 0.6 is 0 Å². The van der Waals surface area contributed by atoms with E-state index in [0.717, 1.165) is 22.4 Å². The quantitative estimate of drug-likeness (QED) is 0.119. The Morgan fingerprint density at radius 2 is 1.41 bits per heavy atom. The van der Waals surface area contributed by atoms with Gasteiger partial charge in [-0.3, -0.25) is 9.59 Å². The molecule has 4 aromatic rings. The van der Waals surface area contributed by atoms with Crippen LogP contribution in [0.15, 0.2) is 109 Å². The molecule has 0 spiro atoms. The molecule has 0 unspecified atom stereocenters. The maximum Gasteiger partial charge on any atom is 0.193 e. The Balaban J connectivity index is 0.000000449. The number of allylic oxidation sites excluding steroid dienone is 2. The fraction of sp³-hybridized carbons (Fsp3) is 0.0690. The normalized spacial score (nSPS) is 10.4. The van der Waals surface area contributed by atoms with Gasteiger partial charge in [0.1, 0.15) is 0 Å². The second-order valence-corrected chi connectivity index (χ2v) is 7.37. The van der Waals surface area contributed by atoms with Crippen LogP contribution in [0.4, 0.5) is 0 Å². The number of hydrogen-bond acceptors (Lipinski definition) is 4. The van der Waals surface area contributed by atoms with E-state index >= 15 is 0 Å². The number of carbonyl (C=O) groups excluding carboxylic acids is 2. The number of nitrogens with zero attached hydrogens (tertiary/aromatic N) is 1. The molecule has 1 aromatic heterocycles. The van der Waals surface area contributed by atoms with Crippen LogP contribution in [-0.4, -0.2) is 21.7 Å². The van der Waals surface area contributed by atoms with Crippen LogP contribution in [0, 0.1) is 6.07 Å². The Morgan fingerprint density at radius 1 is 0.794 bits per heavy atom. The van der Waals surface area contributed by atoms with E-state index in [2.05, 4.69) is 17.1 Å². The second kappa shape index (κ2) is 13.2. The summed E-state index contributed by atoms with van der Waals surface area (Å²) in [5.74, 6) is -0.0262. The van der Waals surface area contributed by atoms with Crippen LogP contribution in [0.2, 0.25) is 0 Å². The van der Waals surface area contributed by atoms with Crippen molar-refractivity contribution in [3.63, 3.8) is 0 Å². The number of hydrogen-bond donors (Lipinski definition) is 1. The van der Waals surface area contributed by atoms with Gasteiger partial charge in [-0.1, -0.05) is 77.9 Å². The van der Waals surface area contributed by atoms with E-state index < -0.39 is 0 Å². The van der Waals surface area contributed by atoms with Crippen LogP contribution < -0.4 is 0 Å². The monoisotopic (exact) mass is 629 g/mol. The Labute approximate surface area is 214 Å². The van der Waals surface area contributed by atoms with E-state index in [0.29, 0.717) is 11.1 Å². The molecular weight excluding hydrogens is 605 g/mol. The Hall–Kier alpha value is -3.62. The largest absolute Gasteiger partial charge is 0.512 e. The number of ketones is 2. The maximum absolute atomic E-state index is 12.5. The number of aliphatic hydroxyl groups excluding tert-OH is 1. The third-order valence-electron chi connectivity index (χ3n) is 4.68. The molecule has 0 atom stereocenters. The first-order chi connectivity index (χ1) is 15.9. The summed E-state index contributed by atoms with van der Waals surface area (Å²) in [5, 5.41) is 8.36. The Kier molecular flexibility index (Phi) is 10.3. The van der Waals surface area contributed by atoms with Crippen molar-refractivity contribution in [2.75, 3.05) is 0 Å². The number of carbonyl (C=O) groups is 2. The average Bonchev–Trinajstić information content (AvgIpc) is 2.84. The molecule has 1 N–H and O–H groups in total. The molecule has 0 saturated carbocycles. The van der Waals surface area contributed by atoms with Gasteiger partial charge in [0.25, 0.3) is 0 Å². The molecule has 3 aromatic carbocycles. The fourth-order valence-corrected chi connectivity index (χ4v) is 3.15. The molecule has 0 fully saturated rings. The van der Waals surface area contributed by atoms with Crippen LogP contribution in [0.25, 0.3) is 22.4 Å². The van der Waals surface area contributed by atoms with E-state index in [4.69, 9.17) is 5.11 Å². The molecule has 0 bridgehead atoms. The van der Waals surface area contributed by atoms with E-state index in [9.17, 15) is 9.59 Å². The predicted molar refractivity (Wildman–Crippen MR) is 131 cm³/mol. The van der Waals surface area contributed by atoms with Crippen molar-refractivity contribution >= 4 is 11.6 Å². The summed E-state index contributed by atoms with van der Waals surface area (Å²) in [6, 6.07) is 32.2. The molecule has 1 heterocycles. The van der Waals surface area contributed by atoms with Crippen molar-refractivity contribution in [3.05, 3.63) is 126 Å². The number of benzene rings is 3. The molecule has 174 valence electrons. The van der Waals surface area contributed by atoms with Crippen molar-refractivity contribution in [2.45, 2.75) is 13.8 Å². The van der Waals surface area contributed by atoms with Gasteiger partial charge in [0, 0.05) is 44.5 Å². The van der Waals surface area contributed by atoms with Gasteiger partial charge in [-0.05, 0) is 25.6 Å². The van der Waals surface area contributed by atoms with E-state index in [1.54, 1.807) is 6.20 Å². The average molecular weight is 630 g/mol. The summed E-state index contributed by atoms with van der Waals surface area (Å²) in [4.78, 5) is 26.8. The summed E-state index contributed by atoms with van der Waals surface area (Å²) in [5.41, 5.74) is 5.37. The molecule has 5 heteroatoms. The zero-order valence-electron chi connectivity index (χ0n) is 18.8. The molecule has 34 heavy (non-hydrogen) atoms. The molecular formula is C29H24NO3Pt-. The van der Waals surface area contributed by atoms with E-state index in [1.165, 1.54) is 19.9 Å². The second-order valence-electron chi connectivity index (χ2n) is 7.37. The minimum absolute atomic E-state index is 0. The number of aromatic nitrogens is 1. The summed E-state index contributed by atoms with van der Waals surface area (Å²) < 4.78 is 0. The maximum atomic E-state index is 12.5. The van der Waals surface area contributed by atoms with Crippen LogP contribution in [0.5, 0.6) is 0 Å². The van der Waals surface area contributed by atoms with Gasteiger partial charge in [-0.15, -0.1) is 29.8 Å². The van der Waals surface area contributed by atoms with E-state index in [-0.39, 0.29) is 38.4 Å². The van der Waals surface area contributed by atoms with Crippen molar-refractivity contribution in [3.8, 4) is 22.4 Å². The van der Waals surface area contributed by atoms with Gasteiger partial charge < -0.3 is 10.1 Å². The number of aliphatic hydroxyl groups is 1. The van der Waals surface area contributed by atoms with Gasteiger partial charge in [0.2, 0.25) is 0 Å². The standard InChI is InChI=1S/C24H16NO.C5H8O2.Pt/c26-24(21-6-2-1-3-7-21)22-15-11-19(12-16-22)18-9-13-20(14-10-18)23-8-4-5-17-25-23;1-4(6)3-5(2)7;/h1-13,15-17H;3,6H,1-2H3;/q-1;;/b;4-3-;. The minimum Gasteiger partial charge on any atom is -0.512 e. The smallest absolute Gasteiger partial charge is 0.193 e. The molecule has 4 nitrogen and oxygen atoms in total. The van der Waals surface area contributed by atoms with Gasteiger partial charge in [-0.2, -0.15) is 0 Å². The third kappa shape index (κ3) is 7.75. The van der Waals surface area contributed by atoms with Crippen LogP contribution in [-0.2, 0) is 25.9 Å². The van der Waals surface area contributed by atoms with Gasteiger partial charge in [0.15, 0.2) is 11.6 Å². The van der Waals surface area contributed by atoms with E-state index in [1.807, 2.05) is 84.9 Å². The van der Waals surface area contributed by atoms with Crippen LogP contribution in [0.3, 0.4) is 0 Å². The SMILES string of the molecule is CC(=O)/C=C(/C)O.O=C(c1ccccc1)c1ccc(-c2c[c-]c(-c3ccccn3)cc2)cc1.[Pt]. The summed E-state index contributed by atoms with van der Waals surface area (Å²) in [7, 11) is 0. The molecule has 0 radical (unpaired) electrons. The first kappa shape index (κ1) is 26.6. The summed E-state index contributed by atoms with van der Waals surface area (Å²) in [6.07, 6.45) is 2.94. The molecule has 0 aliphatic heterocycles. The van der Waals surface area contributed by atoms with Crippen molar-refractivity contribution < 1.29 is 35.8 Å². The van der Waals surface area contributed by atoms with Crippen molar-refractivity contribution in [1.82, 2.24) is 4.98 Å². The summed E-state index contributed by atoms with van der Waals surface area (Å²) in [6.45, 7) is 2.85. The fourth-order valence-electron chi connectivity index (χ4n) is 3.15. The zero-order valence-corrected chi connectivity index (χ0v) is 21.1. The molecule has 0 aliphatic carbocycles. The number of pyridine rings is 1. The molecule has 0 amide bonds. The zero-order chi connectivity index (χ0) is 23.6. The van der Waals surface area contributed by atoms with Gasteiger partial charge in [0.05, 0.1) is 5.76 Å². The van der Waals surface area contributed by atoms with Gasteiger partial charge in [-0.25, -0.2) is 0 Å². The van der Waals surface area contributed by atoms with Crippen molar-refractivity contribution in [1.29, 1.82) is 0 Å². The Morgan fingerprint density at radius 3 is 1.91 bits per heavy atom. The molecule has 4 rings (SSSR count). The predicted octanol–water partition coefficient (Wildman–Crippen LogP) is 6.48. The minimum atomic E-state index is -0.125. The van der Waals surface area contributed by atoms with Crippen LogP contribution in [0.1, 0.15) is 29.8 Å².